The minimum absolute atomic E-state index is 0. The number of nitrogens with one attached hydrogen (secondary N) is 2. The summed E-state index contributed by atoms with van der Waals surface area (Å²) in [6.07, 6.45) is 3.53. The topological polar surface area (TPSA) is 58.2 Å². The molecule has 1 rings (SSSR count). The summed E-state index contributed by atoms with van der Waals surface area (Å²) in [6, 6.07) is 1.15. The number of carbonyl (C=O) groups excluding carboxylic acids is 2. The molecule has 5 heteroatoms. The second kappa shape index (κ2) is 11.6. The van der Waals surface area contributed by atoms with E-state index in [1.807, 2.05) is 13.8 Å². The third kappa shape index (κ3) is 7.53. The predicted molar refractivity (Wildman–Crippen MR) is 112 cm³/mol. The normalized spacial score (nSPS) is 19.6. The standard InChI is InChI=1S/C20H37N2O2.2CH3.Ti/c1-9-16(23)21-14-11-15(22-17(24)10-2)13-20(12-14,18(3,4)5)19(6,7)8;;;/h14H,9-13H2,1-8H3,(H,21,23)(H,22,24);2*1H3;/q3*-1;+3. The van der Waals surface area contributed by atoms with Crippen molar-refractivity contribution in [3.8, 4) is 0 Å². The number of hydrogen-bond acceptors (Lipinski definition) is 2. The molecule has 0 heterocycles. The largest absolute Gasteiger partial charge is 3.00 e. The van der Waals surface area contributed by atoms with E-state index in [0.717, 1.165) is 25.3 Å². The van der Waals surface area contributed by atoms with Crippen molar-refractivity contribution in [1.29, 1.82) is 0 Å². The summed E-state index contributed by atoms with van der Waals surface area (Å²) in [5, 5.41) is 6.29. The first-order valence-corrected chi connectivity index (χ1v) is 9.30. The molecule has 1 unspecified atom stereocenters. The third-order valence-corrected chi connectivity index (χ3v) is 5.80. The Kier molecular flexibility index (Phi) is 13.5. The molecular weight excluding hydrogens is 372 g/mol. The van der Waals surface area contributed by atoms with Crippen LogP contribution in [0.5, 0.6) is 0 Å². The molecule has 1 atom stereocenters. The van der Waals surface area contributed by atoms with Crippen molar-refractivity contribution in [2.45, 2.75) is 93.5 Å². The van der Waals surface area contributed by atoms with Crippen molar-refractivity contribution < 1.29 is 31.3 Å². The molecule has 4 nitrogen and oxygen atoms in total. The van der Waals surface area contributed by atoms with Crippen LogP contribution < -0.4 is 10.6 Å². The first kappa shape index (κ1) is 31.4. The van der Waals surface area contributed by atoms with E-state index < -0.39 is 0 Å². The molecule has 2 N–H and O–H groups in total. The first-order chi connectivity index (χ1) is 10.9. The van der Waals surface area contributed by atoms with Gasteiger partial charge in [-0.15, -0.1) is 6.42 Å². The number of hydrogen-bond donors (Lipinski definition) is 2. The van der Waals surface area contributed by atoms with Crippen molar-refractivity contribution in [3.63, 3.8) is 0 Å². The fourth-order valence-electron chi connectivity index (χ4n) is 4.38. The van der Waals surface area contributed by atoms with Crippen LogP contribution in [0.1, 0.15) is 87.5 Å². The van der Waals surface area contributed by atoms with E-state index in [4.69, 9.17) is 0 Å². The molecule has 1 aliphatic rings. The molecule has 1 fully saturated rings. The quantitative estimate of drug-likeness (QED) is 0.496. The van der Waals surface area contributed by atoms with Gasteiger partial charge in [0, 0.05) is 18.9 Å². The van der Waals surface area contributed by atoms with Crippen LogP contribution in [0, 0.1) is 37.1 Å². The van der Waals surface area contributed by atoms with Gasteiger partial charge >= 0.3 is 21.7 Å². The van der Waals surface area contributed by atoms with E-state index in [0.29, 0.717) is 12.8 Å². The van der Waals surface area contributed by atoms with Crippen molar-refractivity contribution in [2.75, 3.05) is 0 Å². The fourth-order valence-corrected chi connectivity index (χ4v) is 4.38. The fraction of sp³-hybridized carbons (Fsp3) is 0.773. The molecule has 1 aliphatic carbocycles. The van der Waals surface area contributed by atoms with Gasteiger partial charge in [0.1, 0.15) is 0 Å². The van der Waals surface area contributed by atoms with Gasteiger partial charge in [0.25, 0.3) is 0 Å². The summed E-state index contributed by atoms with van der Waals surface area (Å²) in [4.78, 5) is 23.9. The van der Waals surface area contributed by atoms with E-state index in [9.17, 15) is 9.59 Å². The van der Waals surface area contributed by atoms with Gasteiger partial charge in [0.2, 0.25) is 5.91 Å². The molecule has 0 aliphatic heterocycles. The summed E-state index contributed by atoms with van der Waals surface area (Å²) < 4.78 is 0. The molecule has 0 spiro atoms. The maximum Gasteiger partial charge on any atom is 3.00 e. The number of amides is 2. The average Bonchev–Trinajstić information content (AvgIpc) is 2.44. The van der Waals surface area contributed by atoms with Crippen LogP contribution in [0.3, 0.4) is 0 Å². The zero-order valence-electron chi connectivity index (χ0n) is 19.4. The molecule has 157 valence electrons. The Hall–Kier alpha value is -0.346. The zero-order valence-corrected chi connectivity index (χ0v) is 21.0. The van der Waals surface area contributed by atoms with Gasteiger partial charge < -0.3 is 25.5 Å². The summed E-state index contributed by atoms with van der Waals surface area (Å²) in [7, 11) is 0. The summed E-state index contributed by atoms with van der Waals surface area (Å²) in [6.45, 7) is 17.4. The van der Waals surface area contributed by atoms with Crippen molar-refractivity contribution in [3.05, 3.63) is 20.9 Å². The molecule has 1 radical (unpaired) electrons. The Labute approximate surface area is 184 Å². The van der Waals surface area contributed by atoms with Crippen LogP contribution in [-0.2, 0) is 31.3 Å². The molecule has 2 amide bonds. The second-order valence-corrected chi connectivity index (χ2v) is 9.29. The second-order valence-electron chi connectivity index (χ2n) is 9.29. The molecule has 1 saturated carbocycles. The van der Waals surface area contributed by atoms with Gasteiger partial charge in [-0.3, -0.25) is 9.59 Å². The van der Waals surface area contributed by atoms with Crippen molar-refractivity contribution >= 4 is 11.8 Å². The minimum Gasteiger partial charge on any atom is -0.503 e. The van der Waals surface area contributed by atoms with Crippen LogP contribution in [0.4, 0.5) is 0 Å². The van der Waals surface area contributed by atoms with Gasteiger partial charge in [-0.2, -0.15) is 6.42 Å². The third-order valence-electron chi connectivity index (χ3n) is 5.80. The minimum atomic E-state index is 0. The zero-order chi connectivity index (χ0) is 18.8. The van der Waals surface area contributed by atoms with E-state index in [-0.39, 0.29) is 70.7 Å². The average molecular weight is 415 g/mol. The van der Waals surface area contributed by atoms with E-state index in [1.54, 1.807) is 0 Å². The molecule has 0 bridgehead atoms. The Bertz CT molecular complexity index is 422. The van der Waals surface area contributed by atoms with E-state index >= 15 is 0 Å². The van der Waals surface area contributed by atoms with Crippen LogP contribution in [0.2, 0.25) is 0 Å². The van der Waals surface area contributed by atoms with Crippen molar-refractivity contribution in [2.24, 2.45) is 16.2 Å². The van der Waals surface area contributed by atoms with Crippen LogP contribution in [-0.4, -0.2) is 17.9 Å². The molecule has 0 aromatic rings. The number of carbonyl (C=O) groups is 2. The predicted octanol–water partition coefficient (Wildman–Crippen LogP) is 5.10. The Morgan fingerprint density at radius 1 is 0.963 bits per heavy atom. The Morgan fingerprint density at radius 2 is 1.41 bits per heavy atom. The smallest absolute Gasteiger partial charge is 0.503 e. The molecule has 0 aromatic carbocycles. The molecule has 0 aromatic heterocycles. The number of rotatable bonds is 4. The molecule has 0 saturated heterocycles. The monoisotopic (exact) mass is 415 g/mol. The van der Waals surface area contributed by atoms with Gasteiger partial charge in [-0.05, 0) is 22.7 Å². The summed E-state index contributed by atoms with van der Waals surface area (Å²) >= 11 is 0. The van der Waals surface area contributed by atoms with Crippen LogP contribution in [0.25, 0.3) is 0 Å². The maximum absolute atomic E-state index is 12.0. The maximum atomic E-state index is 12.0. The van der Waals surface area contributed by atoms with E-state index in [1.165, 1.54) is 0 Å². The summed E-state index contributed by atoms with van der Waals surface area (Å²) in [5.74, 6) is 0.143. The Morgan fingerprint density at radius 3 is 1.78 bits per heavy atom. The van der Waals surface area contributed by atoms with Gasteiger partial charge in [-0.1, -0.05) is 55.4 Å². The SMILES string of the molecule is CCC(=O)N[C-]1CC(NC(=O)CC)CC(C(C)(C)C)(C(C)(C)C)C1.[CH3-].[CH3-].[Ti+3]. The van der Waals surface area contributed by atoms with Gasteiger partial charge in [-0.25, -0.2) is 6.04 Å². The van der Waals surface area contributed by atoms with Gasteiger partial charge in [0.05, 0.1) is 0 Å². The Balaban J connectivity index is -0.00000192. The molecule has 27 heavy (non-hydrogen) atoms. The first-order valence-electron chi connectivity index (χ1n) is 9.30. The van der Waals surface area contributed by atoms with E-state index in [2.05, 4.69) is 52.2 Å². The molecular formula is C22H43N2O2Ti. The van der Waals surface area contributed by atoms with Gasteiger partial charge in [0.15, 0.2) is 5.91 Å². The van der Waals surface area contributed by atoms with Crippen LogP contribution >= 0.6 is 0 Å². The van der Waals surface area contributed by atoms with Crippen LogP contribution in [0.15, 0.2) is 0 Å². The van der Waals surface area contributed by atoms with Crippen molar-refractivity contribution in [1.82, 2.24) is 10.6 Å². The summed E-state index contributed by atoms with van der Waals surface area (Å²) in [5.41, 5.74) is 0.117.